The van der Waals surface area contributed by atoms with Gasteiger partial charge in [0.05, 0.1) is 7.11 Å². The van der Waals surface area contributed by atoms with Gasteiger partial charge < -0.3 is 19.4 Å². The monoisotopic (exact) mass is 417 g/mol. The number of thiocarbonyl (C=S) groups is 1. The van der Waals surface area contributed by atoms with Gasteiger partial charge in [-0.2, -0.15) is 4.31 Å². The van der Waals surface area contributed by atoms with E-state index in [2.05, 4.69) is 12.2 Å². The topological polar surface area (TPSA) is 92.1 Å². The van der Waals surface area contributed by atoms with E-state index >= 15 is 0 Å². The lowest BCUT2D eigenvalue weighted by Crippen LogP contribution is -2.53. The summed E-state index contributed by atoms with van der Waals surface area (Å²) in [6.07, 6.45) is 2.11. The van der Waals surface area contributed by atoms with E-state index in [1.165, 1.54) is 18.3 Å². The summed E-state index contributed by atoms with van der Waals surface area (Å²) in [6, 6.07) is 0. The molecule has 0 saturated carbocycles. The summed E-state index contributed by atoms with van der Waals surface area (Å²) in [5.74, 6) is -0.298. The number of nitrogens with one attached hydrogen (secondary N) is 1. The molecule has 0 atom stereocenters. The van der Waals surface area contributed by atoms with Crippen molar-refractivity contribution in [2.75, 3.05) is 39.8 Å². The first-order valence-electron chi connectivity index (χ1n) is 8.95. The predicted octanol–water partition coefficient (Wildman–Crippen LogP) is 1.66. The molecule has 1 aliphatic rings. The highest BCUT2D eigenvalue weighted by molar-refractivity contribution is 7.89. The number of carbonyl (C=O) groups is 1. The van der Waals surface area contributed by atoms with E-state index in [1.807, 2.05) is 4.90 Å². The molecular weight excluding hydrogens is 390 g/mol. The summed E-state index contributed by atoms with van der Waals surface area (Å²) in [4.78, 5) is 13.9. The van der Waals surface area contributed by atoms with Gasteiger partial charge in [0.15, 0.2) is 5.11 Å². The Bertz CT molecular complexity index is 796. The Morgan fingerprint density at radius 3 is 2.41 bits per heavy atom. The van der Waals surface area contributed by atoms with Crippen molar-refractivity contribution in [3.63, 3.8) is 0 Å². The van der Waals surface area contributed by atoms with Crippen molar-refractivity contribution < 1.29 is 22.4 Å². The summed E-state index contributed by atoms with van der Waals surface area (Å²) in [7, 11) is -2.67. The highest BCUT2D eigenvalue weighted by Crippen LogP contribution is 2.30. The third-order valence-corrected chi connectivity index (χ3v) is 6.98. The predicted molar refractivity (Wildman–Crippen MR) is 105 cm³/mol. The molecule has 0 spiro atoms. The molecule has 1 aromatic rings. The van der Waals surface area contributed by atoms with Crippen LogP contribution in [0.4, 0.5) is 0 Å². The van der Waals surface area contributed by atoms with Gasteiger partial charge in [0.2, 0.25) is 10.0 Å². The molecular formula is C17H27N3O5S2. The number of hydrogen-bond donors (Lipinski definition) is 1. The van der Waals surface area contributed by atoms with Crippen LogP contribution in [0.15, 0.2) is 9.31 Å². The van der Waals surface area contributed by atoms with Gasteiger partial charge in [-0.15, -0.1) is 0 Å². The van der Waals surface area contributed by atoms with Crippen molar-refractivity contribution in [3.8, 4) is 0 Å². The fraction of sp³-hybridized carbons (Fsp3) is 0.647. The summed E-state index contributed by atoms with van der Waals surface area (Å²) >= 11 is 5.38. The SMILES string of the molecule is CCCCNC(=S)N1CCN(S(=O)(=O)c2c(C)oc(C)c2C(=O)OC)CC1. The maximum absolute atomic E-state index is 13.1. The maximum atomic E-state index is 13.1. The molecule has 0 aromatic carbocycles. The molecule has 1 aliphatic heterocycles. The van der Waals surface area contributed by atoms with Crippen molar-refractivity contribution in [1.82, 2.24) is 14.5 Å². The second-order valence-electron chi connectivity index (χ2n) is 6.39. The number of unbranched alkanes of at least 4 members (excludes halogenated alkanes) is 1. The van der Waals surface area contributed by atoms with Gasteiger partial charge in [0, 0.05) is 32.7 Å². The molecule has 10 heteroatoms. The molecule has 1 saturated heterocycles. The van der Waals surface area contributed by atoms with Crippen molar-refractivity contribution in [1.29, 1.82) is 0 Å². The number of furan rings is 1. The van der Waals surface area contributed by atoms with Crippen LogP contribution in [0.2, 0.25) is 0 Å². The average Bonchev–Trinajstić information content (AvgIpc) is 2.95. The highest BCUT2D eigenvalue weighted by Gasteiger charge is 2.37. The Kier molecular flexibility index (Phi) is 7.24. The first-order valence-corrected chi connectivity index (χ1v) is 10.8. The summed E-state index contributed by atoms with van der Waals surface area (Å²) in [5.41, 5.74) is -0.0332. The second-order valence-corrected chi connectivity index (χ2v) is 8.65. The lowest BCUT2D eigenvalue weighted by Gasteiger charge is -2.35. The van der Waals surface area contributed by atoms with E-state index in [1.54, 1.807) is 6.92 Å². The van der Waals surface area contributed by atoms with Crippen LogP contribution in [0.25, 0.3) is 0 Å². The minimum absolute atomic E-state index is 0.0332. The zero-order valence-corrected chi connectivity index (χ0v) is 17.8. The van der Waals surface area contributed by atoms with Gasteiger partial charge in [-0.3, -0.25) is 0 Å². The number of piperazine rings is 1. The second kappa shape index (κ2) is 9.03. The molecule has 2 heterocycles. The number of esters is 1. The van der Waals surface area contributed by atoms with Gasteiger partial charge in [0.1, 0.15) is 22.0 Å². The Morgan fingerprint density at radius 2 is 1.85 bits per heavy atom. The van der Waals surface area contributed by atoms with E-state index in [-0.39, 0.29) is 35.1 Å². The van der Waals surface area contributed by atoms with Crippen LogP contribution in [0.1, 0.15) is 41.6 Å². The molecule has 1 aromatic heterocycles. The highest BCUT2D eigenvalue weighted by atomic mass is 32.2. The molecule has 1 N–H and O–H groups in total. The standard InChI is InChI=1S/C17H27N3O5S2/c1-5-6-7-18-17(26)19-8-10-20(11-9-19)27(22,23)15-13(3)25-12(2)14(15)16(21)24-4/h5-11H2,1-4H3,(H,18,26). The van der Waals surface area contributed by atoms with Gasteiger partial charge in [0.25, 0.3) is 0 Å². The molecule has 152 valence electrons. The lowest BCUT2D eigenvalue weighted by molar-refractivity contribution is 0.0594. The number of ether oxygens (including phenoxy) is 1. The molecule has 0 amide bonds. The summed E-state index contributed by atoms with van der Waals surface area (Å²) in [5, 5.41) is 3.84. The van der Waals surface area contributed by atoms with Gasteiger partial charge in [-0.25, -0.2) is 13.2 Å². The largest absolute Gasteiger partial charge is 0.465 e. The van der Waals surface area contributed by atoms with E-state index < -0.39 is 16.0 Å². The van der Waals surface area contributed by atoms with Gasteiger partial charge in [-0.1, -0.05) is 13.3 Å². The van der Waals surface area contributed by atoms with Crippen LogP contribution in [0.5, 0.6) is 0 Å². The Labute approximate surface area is 165 Å². The van der Waals surface area contributed by atoms with Gasteiger partial charge >= 0.3 is 5.97 Å². The third-order valence-electron chi connectivity index (χ3n) is 4.52. The van der Waals surface area contributed by atoms with E-state index in [0.29, 0.717) is 18.2 Å². The first-order chi connectivity index (χ1) is 12.7. The van der Waals surface area contributed by atoms with E-state index in [9.17, 15) is 13.2 Å². The van der Waals surface area contributed by atoms with Crippen LogP contribution in [-0.2, 0) is 14.8 Å². The first kappa shape index (κ1) is 21.6. The zero-order valence-electron chi connectivity index (χ0n) is 16.2. The minimum atomic E-state index is -3.88. The minimum Gasteiger partial charge on any atom is -0.465 e. The van der Waals surface area contributed by atoms with Crippen molar-refractivity contribution in [2.45, 2.75) is 38.5 Å². The number of nitrogens with zero attached hydrogens (tertiary/aromatic N) is 2. The molecule has 8 nitrogen and oxygen atoms in total. The number of rotatable bonds is 6. The number of carbonyl (C=O) groups excluding carboxylic acids is 1. The molecule has 2 rings (SSSR count). The Balaban J connectivity index is 2.14. The Morgan fingerprint density at radius 1 is 1.22 bits per heavy atom. The van der Waals surface area contributed by atoms with Gasteiger partial charge in [-0.05, 0) is 32.5 Å². The normalized spacial score (nSPS) is 15.6. The summed E-state index contributed by atoms with van der Waals surface area (Å²) < 4.78 is 37.8. The lowest BCUT2D eigenvalue weighted by atomic mass is 10.2. The van der Waals surface area contributed by atoms with Crippen LogP contribution in [0, 0.1) is 13.8 Å². The molecule has 0 unspecified atom stereocenters. The van der Waals surface area contributed by atoms with Crippen LogP contribution < -0.4 is 5.32 Å². The number of sulfonamides is 1. The average molecular weight is 418 g/mol. The zero-order chi connectivity index (χ0) is 20.2. The van der Waals surface area contributed by atoms with Crippen LogP contribution in [-0.4, -0.2) is 68.5 Å². The maximum Gasteiger partial charge on any atom is 0.342 e. The van der Waals surface area contributed by atoms with Crippen LogP contribution >= 0.6 is 12.2 Å². The molecule has 1 fully saturated rings. The molecule has 0 bridgehead atoms. The van der Waals surface area contributed by atoms with Crippen molar-refractivity contribution in [3.05, 3.63) is 17.1 Å². The van der Waals surface area contributed by atoms with E-state index in [0.717, 1.165) is 19.4 Å². The molecule has 0 aliphatic carbocycles. The fourth-order valence-electron chi connectivity index (χ4n) is 3.06. The molecule has 0 radical (unpaired) electrons. The summed E-state index contributed by atoms with van der Waals surface area (Å²) in [6.45, 7) is 7.54. The quantitative estimate of drug-likeness (QED) is 0.424. The Hall–Kier alpha value is -1.65. The fourth-order valence-corrected chi connectivity index (χ4v) is 5.13. The molecule has 27 heavy (non-hydrogen) atoms. The van der Waals surface area contributed by atoms with Crippen LogP contribution in [0.3, 0.4) is 0 Å². The van der Waals surface area contributed by atoms with Crippen molar-refractivity contribution >= 4 is 33.3 Å². The van der Waals surface area contributed by atoms with E-state index in [4.69, 9.17) is 21.4 Å². The van der Waals surface area contributed by atoms with Crippen molar-refractivity contribution in [2.24, 2.45) is 0 Å². The number of methoxy groups -OCH3 is 1. The number of aryl methyl sites for hydroxylation is 2. The smallest absolute Gasteiger partial charge is 0.342 e. The third kappa shape index (κ3) is 4.61. The number of hydrogen-bond acceptors (Lipinski definition) is 6.